The minimum Gasteiger partial charge on any atom is -0.467 e. The number of hydrogen-bond donors (Lipinski definition) is 1. The second kappa shape index (κ2) is 4.71. The molecule has 0 saturated carbocycles. The molecular formula is C8H10O3. The van der Waals surface area contributed by atoms with Crippen LogP contribution in [0.3, 0.4) is 0 Å². The summed E-state index contributed by atoms with van der Waals surface area (Å²) < 4.78 is 9.63. The smallest absolute Gasteiger partial charge is 0.191 e. The largest absolute Gasteiger partial charge is 0.467 e. The van der Waals surface area contributed by atoms with E-state index in [4.69, 9.17) is 9.84 Å². The Morgan fingerprint density at radius 3 is 2.55 bits per heavy atom. The molecule has 0 aromatic heterocycles. The summed E-state index contributed by atoms with van der Waals surface area (Å²) >= 11 is 0. The van der Waals surface area contributed by atoms with Crippen LogP contribution in [0.4, 0.5) is 0 Å². The summed E-state index contributed by atoms with van der Waals surface area (Å²) in [5.74, 6) is 0.737. The molecule has 0 amide bonds. The molecule has 0 aliphatic carbocycles. The molecular weight excluding hydrogens is 144 g/mol. The molecule has 0 spiro atoms. The molecule has 0 atom stereocenters. The van der Waals surface area contributed by atoms with Crippen molar-refractivity contribution in [3.63, 3.8) is 0 Å². The van der Waals surface area contributed by atoms with Gasteiger partial charge in [-0.2, -0.15) is 0 Å². The third kappa shape index (κ3) is 3.02. The predicted octanol–water partition coefficient (Wildman–Crippen LogP) is 0.989. The summed E-state index contributed by atoms with van der Waals surface area (Å²) in [5, 5.41) is 8.24. The van der Waals surface area contributed by atoms with E-state index in [1.165, 1.54) is 0 Å². The molecule has 1 aromatic rings. The highest BCUT2D eigenvalue weighted by Gasteiger charge is 1.88. The first-order chi connectivity index (χ1) is 5.43. The molecule has 0 saturated heterocycles. The van der Waals surface area contributed by atoms with Crippen LogP contribution in [0.1, 0.15) is 0 Å². The van der Waals surface area contributed by atoms with Crippen molar-refractivity contribution in [3.05, 3.63) is 30.3 Å². The minimum absolute atomic E-state index is 0.0838. The molecule has 3 nitrogen and oxygen atoms in total. The van der Waals surface area contributed by atoms with Gasteiger partial charge in [-0.25, -0.2) is 0 Å². The first-order valence-electron chi connectivity index (χ1n) is 3.30. The molecule has 0 fully saturated rings. The number of rotatable bonds is 4. The van der Waals surface area contributed by atoms with E-state index in [1.807, 2.05) is 30.3 Å². The summed E-state index contributed by atoms with van der Waals surface area (Å²) in [4.78, 5) is 0. The minimum atomic E-state index is -0.313. The maximum Gasteiger partial charge on any atom is 0.191 e. The Morgan fingerprint density at radius 1 is 1.18 bits per heavy atom. The molecule has 1 N–H and O–H groups in total. The molecule has 0 unspecified atom stereocenters. The molecule has 0 radical (unpaired) electrons. The maximum atomic E-state index is 8.24. The molecule has 1 aromatic carbocycles. The van der Waals surface area contributed by atoms with Crippen molar-refractivity contribution >= 4 is 0 Å². The van der Waals surface area contributed by atoms with Crippen molar-refractivity contribution in [1.29, 1.82) is 0 Å². The molecule has 11 heavy (non-hydrogen) atoms. The highest BCUT2D eigenvalue weighted by atomic mass is 16.7. The van der Waals surface area contributed by atoms with Crippen molar-refractivity contribution in [2.75, 3.05) is 13.6 Å². The summed E-state index contributed by atoms with van der Waals surface area (Å²) in [6, 6.07) is 9.28. The van der Waals surface area contributed by atoms with E-state index >= 15 is 0 Å². The van der Waals surface area contributed by atoms with Crippen LogP contribution in [0.25, 0.3) is 0 Å². The van der Waals surface area contributed by atoms with Gasteiger partial charge in [-0.15, -0.1) is 0 Å². The Kier molecular flexibility index (Phi) is 3.44. The van der Waals surface area contributed by atoms with E-state index in [0.29, 0.717) is 0 Å². The fraction of sp³-hybridized carbons (Fsp3) is 0.250. The van der Waals surface area contributed by atoms with Gasteiger partial charge in [0.2, 0.25) is 0 Å². The second-order valence-electron chi connectivity index (χ2n) is 1.91. The molecule has 60 valence electrons. The van der Waals surface area contributed by atoms with E-state index in [1.54, 1.807) is 0 Å². The van der Waals surface area contributed by atoms with Gasteiger partial charge in [0, 0.05) is 0 Å². The van der Waals surface area contributed by atoms with Crippen LogP contribution in [-0.2, 0) is 4.74 Å². The summed E-state index contributed by atoms with van der Waals surface area (Å²) in [5.41, 5.74) is 0. The fourth-order valence-electron chi connectivity index (χ4n) is 0.664. The van der Waals surface area contributed by atoms with Crippen molar-refractivity contribution in [3.8, 4) is 5.75 Å². The van der Waals surface area contributed by atoms with Gasteiger partial charge in [0.1, 0.15) is 12.5 Å². The molecule has 0 heterocycles. The topological polar surface area (TPSA) is 38.7 Å². The van der Waals surface area contributed by atoms with Crippen LogP contribution in [0, 0.1) is 0 Å². The number of hydrogen-bond acceptors (Lipinski definition) is 3. The fourth-order valence-corrected chi connectivity index (χ4v) is 0.664. The van der Waals surface area contributed by atoms with E-state index in [-0.39, 0.29) is 13.6 Å². The number of aliphatic hydroxyl groups excluding tert-OH is 1. The normalized spacial score (nSPS) is 9.55. The van der Waals surface area contributed by atoms with Crippen LogP contribution in [-0.4, -0.2) is 18.7 Å². The quantitative estimate of drug-likeness (QED) is 0.519. The van der Waals surface area contributed by atoms with Crippen LogP contribution in [0.5, 0.6) is 5.75 Å². The zero-order valence-corrected chi connectivity index (χ0v) is 6.06. The molecule has 0 bridgehead atoms. The average molecular weight is 154 g/mol. The van der Waals surface area contributed by atoms with Crippen molar-refractivity contribution in [2.45, 2.75) is 0 Å². The Hall–Kier alpha value is -1.06. The molecule has 0 aliphatic heterocycles. The Balaban J connectivity index is 2.28. The lowest BCUT2D eigenvalue weighted by Crippen LogP contribution is -2.02. The maximum absolute atomic E-state index is 8.24. The van der Waals surface area contributed by atoms with Gasteiger partial charge in [0.15, 0.2) is 6.79 Å². The standard InChI is InChI=1S/C8H10O3/c9-6-10-7-11-8-4-2-1-3-5-8/h1-5,9H,6-7H2. The highest BCUT2D eigenvalue weighted by molar-refractivity contribution is 5.20. The lowest BCUT2D eigenvalue weighted by Gasteiger charge is -2.03. The molecule has 3 heteroatoms. The van der Waals surface area contributed by atoms with Crippen LogP contribution in [0.15, 0.2) is 30.3 Å². The summed E-state index contributed by atoms with van der Waals surface area (Å²) in [6.45, 7) is -0.229. The third-order valence-electron chi connectivity index (χ3n) is 1.14. The van der Waals surface area contributed by atoms with Gasteiger partial charge in [0.05, 0.1) is 0 Å². The monoisotopic (exact) mass is 154 g/mol. The van der Waals surface area contributed by atoms with E-state index < -0.39 is 0 Å². The number of para-hydroxylation sites is 1. The lowest BCUT2D eigenvalue weighted by atomic mass is 10.3. The second-order valence-corrected chi connectivity index (χ2v) is 1.91. The zero-order valence-electron chi connectivity index (χ0n) is 6.06. The lowest BCUT2D eigenvalue weighted by molar-refractivity contribution is -0.0653. The Bertz CT molecular complexity index is 186. The van der Waals surface area contributed by atoms with Gasteiger partial charge >= 0.3 is 0 Å². The first kappa shape index (κ1) is 8.04. The van der Waals surface area contributed by atoms with Crippen LogP contribution >= 0.6 is 0 Å². The van der Waals surface area contributed by atoms with E-state index in [2.05, 4.69) is 4.74 Å². The summed E-state index contributed by atoms with van der Waals surface area (Å²) in [7, 11) is 0. The average Bonchev–Trinajstić information content (AvgIpc) is 2.07. The Labute approximate surface area is 65.2 Å². The number of benzene rings is 1. The van der Waals surface area contributed by atoms with Gasteiger partial charge in [-0.1, -0.05) is 18.2 Å². The van der Waals surface area contributed by atoms with Gasteiger partial charge in [0.25, 0.3) is 0 Å². The van der Waals surface area contributed by atoms with Crippen molar-refractivity contribution < 1.29 is 14.6 Å². The van der Waals surface area contributed by atoms with Crippen molar-refractivity contribution in [2.24, 2.45) is 0 Å². The van der Waals surface area contributed by atoms with Gasteiger partial charge in [-0.3, -0.25) is 0 Å². The first-order valence-corrected chi connectivity index (χ1v) is 3.30. The van der Waals surface area contributed by atoms with Gasteiger partial charge in [-0.05, 0) is 12.1 Å². The SMILES string of the molecule is OCOCOc1ccccc1. The Morgan fingerprint density at radius 2 is 1.91 bits per heavy atom. The van der Waals surface area contributed by atoms with E-state index in [9.17, 15) is 0 Å². The number of ether oxygens (including phenoxy) is 2. The van der Waals surface area contributed by atoms with Crippen LogP contribution < -0.4 is 4.74 Å². The van der Waals surface area contributed by atoms with Crippen LogP contribution in [0.2, 0.25) is 0 Å². The molecule has 0 aliphatic rings. The van der Waals surface area contributed by atoms with Gasteiger partial charge < -0.3 is 14.6 Å². The zero-order chi connectivity index (χ0) is 7.94. The van der Waals surface area contributed by atoms with Crippen molar-refractivity contribution in [1.82, 2.24) is 0 Å². The molecule has 1 rings (SSSR count). The third-order valence-corrected chi connectivity index (χ3v) is 1.14. The summed E-state index contributed by atoms with van der Waals surface area (Å²) in [6.07, 6.45) is 0. The highest BCUT2D eigenvalue weighted by Crippen LogP contribution is 2.07. The predicted molar refractivity (Wildman–Crippen MR) is 40.1 cm³/mol. The van der Waals surface area contributed by atoms with E-state index in [0.717, 1.165) is 5.75 Å². The number of aliphatic hydroxyl groups is 1.